The molecule has 2 N–H and O–H groups in total. The lowest BCUT2D eigenvalue weighted by Crippen LogP contribution is -2.42. The average molecular weight is 396 g/mol. The molecule has 0 saturated carbocycles. The largest absolute Gasteiger partial charge is 0.495 e. The number of methoxy groups -OCH3 is 1. The minimum Gasteiger partial charge on any atom is -0.495 e. The molecule has 1 fully saturated rings. The summed E-state index contributed by atoms with van der Waals surface area (Å²) in [5.74, 6) is -0.979. The Labute approximate surface area is 158 Å². The summed E-state index contributed by atoms with van der Waals surface area (Å²) in [6.07, 6.45) is 0. The number of aromatic amines is 1. The fourth-order valence-electron chi connectivity index (χ4n) is 2.91. The molecule has 1 aromatic heterocycles. The number of carboxylic acids is 1. The molecule has 0 radical (unpaired) electrons. The van der Waals surface area contributed by atoms with Gasteiger partial charge in [0.15, 0.2) is 0 Å². The molecule has 27 heavy (non-hydrogen) atoms. The second-order valence-electron chi connectivity index (χ2n) is 5.94. The van der Waals surface area contributed by atoms with Crippen molar-refractivity contribution < 1.29 is 19.4 Å². The monoisotopic (exact) mass is 395 g/mol. The lowest BCUT2D eigenvalue weighted by atomic mass is 10.2. The van der Waals surface area contributed by atoms with Crippen molar-refractivity contribution in [3.05, 3.63) is 55.3 Å². The van der Waals surface area contributed by atoms with E-state index in [-0.39, 0.29) is 22.8 Å². The second kappa shape index (κ2) is 7.95. The van der Waals surface area contributed by atoms with Crippen molar-refractivity contribution in [2.75, 3.05) is 33.4 Å². The molecule has 2 aromatic rings. The first-order valence-electron chi connectivity index (χ1n) is 8.18. The maximum absolute atomic E-state index is 13.0. The zero-order valence-corrected chi connectivity index (χ0v) is 15.3. The standard InChI is InChI=1S/C17H18ClN3O6/c1-26-13-3-2-10(8-12(13)18)21-15(22)11(9-20-4-6-27-7-5-20)14(16(23)24)19-17(21)25/h2-3,8H,4-7,9H2,1H3,(H,19,25)(H,23,24). The van der Waals surface area contributed by atoms with E-state index < -0.39 is 22.9 Å². The molecular formula is C17H18ClN3O6. The van der Waals surface area contributed by atoms with Crippen LogP contribution in [0.3, 0.4) is 0 Å². The smallest absolute Gasteiger partial charge is 0.352 e. The molecule has 3 rings (SSSR count). The van der Waals surface area contributed by atoms with Crippen LogP contribution < -0.4 is 16.0 Å². The lowest BCUT2D eigenvalue weighted by Gasteiger charge is -2.26. The predicted molar refractivity (Wildman–Crippen MR) is 97.3 cm³/mol. The van der Waals surface area contributed by atoms with Gasteiger partial charge in [0.2, 0.25) is 0 Å². The van der Waals surface area contributed by atoms with Crippen molar-refractivity contribution in [2.24, 2.45) is 0 Å². The van der Waals surface area contributed by atoms with E-state index in [0.717, 1.165) is 4.57 Å². The van der Waals surface area contributed by atoms with E-state index >= 15 is 0 Å². The number of nitrogens with zero attached hydrogens (tertiary/aromatic N) is 2. The number of hydrogen-bond acceptors (Lipinski definition) is 6. The molecule has 0 aliphatic carbocycles. The number of nitrogens with one attached hydrogen (secondary N) is 1. The van der Waals surface area contributed by atoms with Gasteiger partial charge in [0.1, 0.15) is 11.4 Å². The minimum absolute atomic E-state index is 0.00376. The fourth-order valence-corrected chi connectivity index (χ4v) is 3.17. The Balaban J connectivity index is 2.13. The van der Waals surface area contributed by atoms with Gasteiger partial charge in [0, 0.05) is 19.6 Å². The number of carboxylic acid groups (broad SMARTS) is 1. The number of rotatable bonds is 5. The Bertz CT molecular complexity index is 978. The molecule has 9 nitrogen and oxygen atoms in total. The normalized spacial score (nSPS) is 14.9. The first-order chi connectivity index (χ1) is 12.9. The quantitative estimate of drug-likeness (QED) is 0.766. The van der Waals surface area contributed by atoms with Crippen LogP contribution in [0.4, 0.5) is 0 Å². The highest BCUT2D eigenvalue weighted by molar-refractivity contribution is 6.32. The fraction of sp³-hybridized carbons (Fsp3) is 0.353. The van der Waals surface area contributed by atoms with E-state index in [9.17, 15) is 19.5 Å². The topological polar surface area (TPSA) is 114 Å². The highest BCUT2D eigenvalue weighted by atomic mass is 35.5. The summed E-state index contributed by atoms with van der Waals surface area (Å²) >= 11 is 6.09. The molecule has 1 aliphatic heterocycles. The number of halogens is 1. The van der Waals surface area contributed by atoms with Crippen molar-refractivity contribution >= 4 is 17.6 Å². The molecule has 1 saturated heterocycles. The number of aromatic carboxylic acids is 1. The molecule has 0 amide bonds. The molecule has 0 unspecified atom stereocenters. The van der Waals surface area contributed by atoms with Crippen LogP contribution in [0.5, 0.6) is 5.75 Å². The Kier molecular flexibility index (Phi) is 5.64. The minimum atomic E-state index is -1.37. The van der Waals surface area contributed by atoms with E-state index in [0.29, 0.717) is 32.1 Å². The van der Waals surface area contributed by atoms with Gasteiger partial charge in [0.05, 0.1) is 36.6 Å². The number of H-pyrrole nitrogens is 1. The van der Waals surface area contributed by atoms with Crippen LogP contribution in [0.2, 0.25) is 5.02 Å². The number of aromatic nitrogens is 2. The summed E-state index contributed by atoms with van der Waals surface area (Å²) < 4.78 is 11.2. The van der Waals surface area contributed by atoms with E-state index in [1.165, 1.54) is 25.3 Å². The summed E-state index contributed by atoms with van der Waals surface area (Å²) in [4.78, 5) is 41.2. The van der Waals surface area contributed by atoms with Crippen LogP contribution in [0, 0.1) is 0 Å². The lowest BCUT2D eigenvalue weighted by molar-refractivity contribution is 0.0336. The average Bonchev–Trinajstić information content (AvgIpc) is 2.64. The van der Waals surface area contributed by atoms with Crippen molar-refractivity contribution in [3.63, 3.8) is 0 Å². The summed E-state index contributed by atoms with van der Waals surface area (Å²) in [6, 6.07) is 4.44. The molecule has 0 bridgehead atoms. The maximum Gasteiger partial charge on any atom is 0.352 e. The first-order valence-corrected chi connectivity index (χ1v) is 8.55. The van der Waals surface area contributed by atoms with Crippen LogP contribution in [0.1, 0.15) is 16.1 Å². The van der Waals surface area contributed by atoms with E-state index in [2.05, 4.69) is 4.98 Å². The maximum atomic E-state index is 13.0. The van der Waals surface area contributed by atoms with Crippen LogP contribution in [0.15, 0.2) is 27.8 Å². The van der Waals surface area contributed by atoms with Gasteiger partial charge in [-0.25, -0.2) is 14.2 Å². The summed E-state index contributed by atoms with van der Waals surface area (Å²) in [5, 5.41) is 9.64. The van der Waals surface area contributed by atoms with Gasteiger partial charge in [-0.2, -0.15) is 0 Å². The van der Waals surface area contributed by atoms with E-state index in [4.69, 9.17) is 21.1 Å². The van der Waals surface area contributed by atoms with Gasteiger partial charge in [0.25, 0.3) is 5.56 Å². The number of benzene rings is 1. The van der Waals surface area contributed by atoms with Crippen LogP contribution >= 0.6 is 11.6 Å². The predicted octanol–water partition coefficient (Wildman–Crippen LogP) is 0.718. The zero-order chi connectivity index (χ0) is 19.6. The van der Waals surface area contributed by atoms with Gasteiger partial charge in [-0.3, -0.25) is 9.69 Å². The van der Waals surface area contributed by atoms with Gasteiger partial charge >= 0.3 is 11.7 Å². The molecule has 10 heteroatoms. The zero-order valence-electron chi connectivity index (χ0n) is 14.5. The van der Waals surface area contributed by atoms with Crippen LogP contribution in [-0.4, -0.2) is 58.9 Å². The Morgan fingerprint density at radius 3 is 2.63 bits per heavy atom. The molecule has 0 spiro atoms. The van der Waals surface area contributed by atoms with Gasteiger partial charge in [-0.1, -0.05) is 11.6 Å². The summed E-state index contributed by atoms with van der Waals surface area (Å²) in [7, 11) is 1.45. The Morgan fingerprint density at radius 2 is 2.04 bits per heavy atom. The van der Waals surface area contributed by atoms with Gasteiger partial charge in [-0.05, 0) is 18.2 Å². The third-order valence-electron chi connectivity index (χ3n) is 4.29. The Hall–Kier alpha value is -2.62. The van der Waals surface area contributed by atoms with Gasteiger partial charge < -0.3 is 19.6 Å². The summed E-state index contributed by atoms with van der Waals surface area (Å²) in [6.45, 7) is 2.20. The number of morpholine rings is 1. The molecule has 2 heterocycles. The molecule has 1 aromatic carbocycles. The summed E-state index contributed by atoms with van der Waals surface area (Å²) in [5.41, 5.74) is -1.76. The number of hydrogen-bond donors (Lipinski definition) is 2. The van der Waals surface area contributed by atoms with E-state index in [1.807, 2.05) is 4.90 Å². The SMILES string of the molecule is COc1ccc(-n2c(=O)[nH]c(C(=O)O)c(CN3CCOCC3)c2=O)cc1Cl. The number of carbonyl (C=O) groups is 1. The Morgan fingerprint density at radius 1 is 1.33 bits per heavy atom. The highest BCUT2D eigenvalue weighted by Gasteiger charge is 2.23. The van der Waals surface area contributed by atoms with Crippen LogP contribution in [0.25, 0.3) is 5.69 Å². The number of ether oxygens (including phenoxy) is 2. The van der Waals surface area contributed by atoms with Crippen molar-refractivity contribution in [3.8, 4) is 11.4 Å². The first kappa shape index (κ1) is 19.2. The highest BCUT2D eigenvalue weighted by Crippen LogP contribution is 2.25. The third kappa shape index (κ3) is 3.90. The molecular weight excluding hydrogens is 378 g/mol. The molecule has 1 aliphatic rings. The van der Waals surface area contributed by atoms with Crippen molar-refractivity contribution in [2.45, 2.75) is 6.54 Å². The second-order valence-corrected chi connectivity index (χ2v) is 6.34. The van der Waals surface area contributed by atoms with Crippen LogP contribution in [-0.2, 0) is 11.3 Å². The van der Waals surface area contributed by atoms with Gasteiger partial charge in [-0.15, -0.1) is 0 Å². The molecule has 144 valence electrons. The van der Waals surface area contributed by atoms with E-state index in [1.54, 1.807) is 0 Å². The van der Waals surface area contributed by atoms with Crippen molar-refractivity contribution in [1.82, 2.24) is 14.5 Å². The van der Waals surface area contributed by atoms with Crippen molar-refractivity contribution in [1.29, 1.82) is 0 Å². The molecule has 0 atom stereocenters. The third-order valence-corrected chi connectivity index (χ3v) is 4.59.